The molecule has 0 saturated heterocycles. The number of halogens is 2. The first kappa shape index (κ1) is 16.7. The number of hydrogen-bond donors (Lipinski definition) is 1. The minimum Gasteiger partial charge on any atom is -0.345 e. The van der Waals surface area contributed by atoms with Gasteiger partial charge in [0.2, 0.25) is 0 Å². The van der Waals surface area contributed by atoms with E-state index in [2.05, 4.69) is 63.2 Å². The van der Waals surface area contributed by atoms with Crippen LogP contribution in [-0.2, 0) is 0 Å². The highest BCUT2D eigenvalue weighted by atomic mass is 79.9. The van der Waals surface area contributed by atoms with Crippen molar-refractivity contribution in [2.24, 2.45) is 5.92 Å². The van der Waals surface area contributed by atoms with Crippen LogP contribution in [0.3, 0.4) is 0 Å². The maximum absolute atomic E-state index is 12.4. The molecule has 0 bridgehead atoms. The van der Waals surface area contributed by atoms with Gasteiger partial charge in [-0.25, -0.2) is 0 Å². The first-order valence-electron chi connectivity index (χ1n) is 6.78. The van der Waals surface area contributed by atoms with E-state index in [0.29, 0.717) is 10.8 Å². The van der Waals surface area contributed by atoms with E-state index in [9.17, 15) is 4.79 Å². The van der Waals surface area contributed by atoms with Gasteiger partial charge in [-0.1, -0.05) is 44.2 Å². The third kappa shape index (κ3) is 4.66. The van der Waals surface area contributed by atoms with Crippen LogP contribution in [0.5, 0.6) is 0 Å². The van der Waals surface area contributed by atoms with Crippen LogP contribution >= 0.6 is 43.2 Å². The zero-order chi connectivity index (χ0) is 15.4. The summed E-state index contributed by atoms with van der Waals surface area (Å²) in [6.07, 6.45) is 0.920. The Kier molecular flexibility index (Phi) is 6.02. The number of benzene rings is 1. The lowest BCUT2D eigenvalue weighted by Crippen LogP contribution is -2.28. The van der Waals surface area contributed by atoms with Crippen molar-refractivity contribution in [3.63, 3.8) is 0 Å². The van der Waals surface area contributed by atoms with Crippen LogP contribution in [0.2, 0.25) is 0 Å². The van der Waals surface area contributed by atoms with Crippen molar-refractivity contribution in [2.45, 2.75) is 26.3 Å². The highest BCUT2D eigenvalue weighted by molar-refractivity contribution is 9.13. The van der Waals surface area contributed by atoms with Crippen LogP contribution in [0.4, 0.5) is 0 Å². The molecule has 1 aromatic carbocycles. The molecule has 0 aliphatic heterocycles. The van der Waals surface area contributed by atoms with E-state index >= 15 is 0 Å². The lowest BCUT2D eigenvalue weighted by Gasteiger charge is -2.20. The third-order valence-corrected chi connectivity index (χ3v) is 6.34. The standard InChI is InChI=1S/C16H17Br2NOS/c1-10(2)8-13(11-6-4-3-5-7-11)19-16(20)14-9-12(17)15(18)21-14/h3-7,9-10,13H,8H2,1-2H3,(H,19,20). The van der Waals surface area contributed by atoms with Gasteiger partial charge in [0.15, 0.2) is 0 Å². The van der Waals surface area contributed by atoms with Gasteiger partial charge in [0.1, 0.15) is 0 Å². The molecule has 1 atom stereocenters. The second-order valence-corrected chi connectivity index (χ2v) is 8.52. The zero-order valence-electron chi connectivity index (χ0n) is 11.9. The predicted octanol–water partition coefficient (Wildman–Crippen LogP) is 5.79. The summed E-state index contributed by atoms with van der Waals surface area (Å²) in [5, 5.41) is 3.15. The molecule has 0 radical (unpaired) electrons. The van der Waals surface area contributed by atoms with Crippen molar-refractivity contribution in [2.75, 3.05) is 0 Å². The minimum atomic E-state index is -0.0269. The number of amides is 1. The number of carbonyl (C=O) groups is 1. The molecule has 1 unspecified atom stereocenters. The predicted molar refractivity (Wildman–Crippen MR) is 95.8 cm³/mol. The van der Waals surface area contributed by atoms with Gasteiger partial charge in [0.05, 0.1) is 14.7 Å². The molecule has 5 heteroatoms. The Morgan fingerprint density at radius 2 is 1.90 bits per heavy atom. The van der Waals surface area contributed by atoms with Crippen LogP contribution in [0.25, 0.3) is 0 Å². The molecule has 0 spiro atoms. The SMILES string of the molecule is CC(C)CC(NC(=O)c1cc(Br)c(Br)s1)c1ccccc1. The van der Waals surface area contributed by atoms with Crippen LogP contribution in [0.15, 0.2) is 44.7 Å². The van der Waals surface area contributed by atoms with E-state index in [1.54, 1.807) is 0 Å². The summed E-state index contributed by atoms with van der Waals surface area (Å²) in [4.78, 5) is 13.1. The Balaban J connectivity index is 2.17. The molecule has 1 heterocycles. The molecular formula is C16H17Br2NOS. The maximum atomic E-state index is 12.4. The Morgan fingerprint density at radius 1 is 1.24 bits per heavy atom. The van der Waals surface area contributed by atoms with E-state index in [-0.39, 0.29) is 11.9 Å². The molecule has 21 heavy (non-hydrogen) atoms. The van der Waals surface area contributed by atoms with E-state index in [1.165, 1.54) is 11.3 Å². The van der Waals surface area contributed by atoms with Crippen LogP contribution in [0, 0.1) is 5.92 Å². The van der Waals surface area contributed by atoms with Crippen molar-refractivity contribution in [3.8, 4) is 0 Å². The number of hydrogen-bond acceptors (Lipinski definition) is 2. The lowest BCUT2D eigenvalue weighted by atomic mass is 9.97. The molecule has 1 amide bonds. The second-order valence-electron chi connectivity index (χ2n) is 5.30. The van der Waals surface area contributed by atoms with Crippen LogP contribution in [0.1, 0.15) is 41.5 Å². The molecule has 2 aromatic rings. The first-order valence-corrected chi connectivity index (χ1v) is 9.18. The van der Waals surface area contributed by atoms with Gasteiger partial charge in [-0.15, -0.1) is 11.3 Å². The largest absolute Gasteiger partial charge is 0.345 e. The first-order chi connectivity index (χ1) is 9.97. The Morgan fingerprint density at radius 3 is 2.43 bits per heavy atom. The van der Waals surface area contributed by atoms with E-state index in [4.69, 9.17) is 0 Å². The lowest BCUT2D eigenvalue weighted by molar-refractivity contribution is 0.0936. The molecule has 1 aromatic heterocycles. The van der Waals surface area contributed by atoms with Gasteiger partial charge in [-0.3, -0.25) is 4.79 Å². The van der Waals surface area contributed by atoms with E-state index in [1.807, 2.05) is 24.3 Å². The van der Waals surface area contributed by atoms with Crippen LogP contribution < -0.4 is 5.32 Å². The van der Waals surface area contributed by atoms with Gasteiger partial charge in [-0.2, -0.15) is 0 Å². The molecule has 2 nitrogen and oxygen atoms in total. The summed E-state index contributed by atoms with van der Waals surface area (Å²) in [6.45, 7) is 4.33. The van der Waals surface area contributed by atoms with Gasteiger partial charge in [-0.05, 0) is 55.8 Å². The molecule has 0 saturated carbocycles. The Hall–Kier alpha value is -0.650. The summed E-state index contributed by atoms with van der Waals surface area (Å²) in [6, 6.07) is 12.0. The van der Waals surface area contributed by atoms with Crippen molar-refractivity contribution in [1.82, 2.24) is 5.32 Å². The summed E-state index contributed by atoms with van der Waals surface area (Å²) in [7, 11) is 0. The fourth-order valence-corrected chi connectivity index (χ4v) is 4.06. The van der Waals surface area contributed by atoms with Crippen molar-refractivity contribution < 1.29 is 4.79 Å². The molecule has 112 valence electrons. The third-order valence-electron chi connectivity index (χ3n) is 3.08. The quantitative estimate of drug-likeness (QED) is 0.638. The Bertz CT molecular complexity index is 590. The summed E-state index contributed by atoms with van der Waals surface area (Å²) in [5.74, 6) is 0.484. The normalized spacial score (nSPS) is 12.4. The van der Waals surface area contributed by atoms with Crippen molar-refractivity contribution in [3.05, 3.63) is 55.1 Å². The van der Waals surface area contributed by atoms with E-state index < -0.39 is 0 Å². The minimum absolute atomic E-state index is 0.0269. The molecule has 0 aliphatic carbocycles. The van der Waals surface area contributed by atoms with E-state index in [0.717, 1.165) is 20.2 Å². The maximum Gasteiger partial charge on any atom is 0.261 e. The second kappa shape index (κ2) is 7.56. The summed E-state index contributed by atoms with van der Waals surface area (Å²) >= 11 is 8.28. The molecule has 0 aliphatic rings. The number of rotatable bonds is 5. The smallest absolute Gasteiger partial charge is 0.261 e. The average Bonchev–Trinajstić information content (AvgIpc) is 2.78. The number of nitrogens with one attached hydrogen (secondary N) is 1. The topological polar surface area (TPSA) is 29.1 Å². The number of carbonyl (C=O) groups excluding carboxylic acids is 1. The molecule has 2 rings (SSSR count). The molecule has 1 N–H and O–H groups in total. The Labute approximate surface area is 146 Å². The molecular weight excluding hydrogens is 414 g/mol. The van der Waals surface area contributed by atoms with Crippen LogP contribution in [-0.4, -0.2) is 5.91 Å². The average molecular weight is 431 g/mol. The highest BCUT2D eigenvalue weighted by Crippen LogP contribution is 2.33. The number of thiophene rings is 1. The summed E-state index contributed by atoms with van der Waals surface area (Å²) in [5.41, 5.74) is 1.15. The molecule has 0 fully saturated rings. The summed E-state index contributed by atoms with van der Waals surface area (Å²) < 4.78 is 1.85. The monoisotopic (exact) mass is 429 g/mol. The van der Waals surface area contributed by atoms with Crippen molar-refractivity contribution >= 4 is 49.1 Å². The van der Waals surface area contributed by atoms with Gasteiger partial charge >= 0.3 is 0 Å². The van der Waals surface area contributed by atoms with Gasteiger partial charge < -0.3 is 5.32 Å². The highest BCUT2D eigenvalue weighted by Gasteiger charge is 2.19. The van der Waals surface area contributed by atoms with Gasteiger partial charge in [0.25, 0.3) is 5.91 Å². The fourth-order valence-electron chi connectivity index (χ4n) is 2.12. The fraction of sp³-hybridized carbons (Fsp3) is 0.312. The zero-order valence-corrected chi connectivity index (χ0v) is 15.9. The van der Waals surface area contributed by atoms with Crippen molar-refractivity contribution in [1.29, 1.82) is 0 Å². The van der Waals surface area contributed by atoms with Gasteiger partial charge in [0, 0.05) is 4.47 Å².